The Morgan fingerprint density at radius 1 is 1.35 bits per heavy atom. The van der Waals surface area contributed by atoms with E-state index in [-0.39, 0.29) is 11.9 Å². The number of nitrogens with one attached hydrogen (secondary N) is 2. The lowest BCUT2D eigenvalue weighted by molar-refractivity contribution is -0.125. The minimum absolute atomic E-state index is 0.0290. The van der Waals surface area contributed by atoms with Gasteiger partial charge in [0.1, 0.15) is 0 Å². The third-order valence-corrected chi connectivity index (χ3v) is 4.17. The van der Waals surface area contributed by atoms with E-state index in [2.05, 4.69) is 55.7 Å². The fourth-order valence-electron chi connectivity index (χ4n) is 2.72. The van der Waals surface area contributed by atoms with Crippen LogP contribution in [-0.4, -0.2) is 18.5 Å². The van der Waals surface area contributed by atoms with Crippen LogP contribution in [0.5, 0.6) is 0 Å². The van der Waals surface area contributed by atoms with Crippen LogP contribution in [0.25, 0.3) is 0 Å². The van der Waals surface area contributed by atoms with Crippen molar-refractivity contribution < 1.29 is 4.79 Å². The summed E-state index contributed by atoms with van der Waals surface area (Å²) in [6.45, 7) is 8.08. The number of hydrogen-bond donors (Lipinski definition) is 2. The van der Waals surface area contributed by atoms with E-state index in [1.165, 1.54) is 12.0 Å². The van der Waals surface area contributed by atoms with Gasteiger partial charge in [0.2, 0.25) is 5.91 Å². The summed E-state index contributed by atoms with van der Waals surface area (Å²) in [7, 11) is 0. The summed E-state index contributed by atoms with van der Waals surface area (Å²) >= 11 is 0. The maximum Gasteiger partial charge on any atom is 0.237 e. The molecule has 1 heterocycles. The van der Waals surface area contributed by atoms with Gasteiger partial charge in [0.15, 0.2) is 0 Å². The Morgan fingerprint density at radius 2 is 2.05 bits per heavy atom. The molecule has 2 unspecified atom stereocenters. The van der Waals surface area contributed by atoms with Gasteiger partial charge in [0, 0.05) is 6.54 Å². The second-order valence-electron chi connectivity index (χ2n) is 6.17. The first-order chi connectivity index (χ1) is 9.58. The number of amides is 1. The minimum atomic E-state index is -0.0290. The van der Waals surface area contributed by atoms with Crippen molar-refractivity contribution in [2.45, 2.75) is 52.1 Å². The van der Waals surface area contributed by atoms with Crippen LogP contribution in [0.1, 0.15) is 50.7 Å². The zero-order chi connectivity index (χ0) is 14.5. The van der Waals surface area contributed by atoms with Gasteiger partial charge in [-0.2, -0.15) is 0 Å². The Hall–Kier alpha value is -1.35. The van der Waals surface area contributed by atoms with Gasteiger partial charge in [0.25, 0.3) is 0 Å². The SMILES string of the molecule is CC(C)c1ccc(CNC(=O)C2NCCCC2C)cc1. The Balaban J connectivity index is 1.86. The first-order valence-corrected chi connectivity index (χ1v) is 7.68. The molecule has 2 atom stereocenters. The van der Waals surface area contributed by atoms with Gasteiger partial charge >= 0.3 is 0 Å². The average molecular weight is 274 g/mol. The first kappa shape index (κ1) is 15.0. The molecule has 2 rings (SSSR count). The van der Waals surface area contributed by atoms with E-state index in [0.29, 0.717) is 18.4 Å². The maximum absolute atomic E-state index is 12.2. The largest absolute Gasteiger partial charge is 0.351 e. The molecule has 20 heavy (non-hydrogen) atoms. The van der Waals surface area contributed by atoms with Crippen LogP contribution in [0.2, 0.25) is 0 Å². The van der Waals surface area contributed by atoms with Crippen molar-refractivity contribution in [3.05, 3.63) is 35.4 Å². The minimum Gasteiger partial charge on any atom is -0.351 e. The van der Waals surface area contributed by atoms with Crippen LogP contribution in [0.4, 0.5) is 0 Å². The van der Waals surface area contributed by atoms with Gasteiger partial charge < -0.3 is 10.6 Å². The third kappa shape index (κ3) is 3.83. The quantitative estimate of drug-likeness (QED) is 0.886. The highest BCUT2D eigenvalue weighted by Crippen LogP contribution is 2.16. The number of piperidine rings is 1. The topological polar surface area (TPSA) is 41.1 Å². The van der Waals surface area contributed by atoms with Crippen LogP contribution in [0.3, 0.4) is 0 Å². The lowest BCUT2D eigenvalue weighted by Crippen LogP contribution is -2.50. The molecule has 1 aliphatic heterocycles. The lowest BCUT2D eigenvalue weighted by Gasteiger charge is -2.28. The summed E-state index contributed by atoms with van der Waals surface area (Å²) in [6.07, 6.45) is 2.30. The molecule has 110 valence electrons. The molecule has 0 radical (unpaired) electrons. The first-order valence-electron chi connectivity index (χ1n) is 7.68. The van der Waals surface area contributed by atoms with Gasteiger partial charge in [-0.15, -0.1) is 0 Å². The summed E-state index contributed by atoms with van der Waals surface area (Å²) in [5.74, 6) is 1.10. The monoisotopic (exact) mass is 274 g/mol. The second-order valence-corrected chi connectivity index (χ2v) is 6.17. The predicted molar refractivity (Wildman–Crippen MR) is 82.6 cm³/mol. The zero-order valence-electron chi connectivity index (χ0n) is 12.8. The summed E-state index contributed by atoms with van der Waals surface area (Å²) in [4.78, 5) is 12.2. The van der Waals surface area contributed by atoms with Crippen LogP contribution in [-0.2, 0) is 11.3 Å². The standard InChI is InChI=1S/C17H26N2O/c1-12(2)15-8-6-14(7-9-15)11-19-17(20)16-13(3)5-4-10-18-16/h6-9,12-13,16,18H,4-5,10-11H2,1-3H3,(H,19,20). The third-order valence-electron chi connectivity index (χ3n) is 4.17. The van der Waals surface area contributed by atoms with Gasteiger partial charge in [-0.3, -0.25) is 4.79 Å². The summed E-state index contributed by atoms with van der Waals surface area (Å²) < 4.78 is 0. The lowest BCUT2D eigenvalue weighted by atomic mass is 9.92. The van der Waals surface area contributed by atoms with Crippen LogP contribution < -0.4 is 10.6 Å². The van der Waals surface area contributed by atoms with Crippen molar-refractivity contribution in [3.63, 3.8) is 0 Å². The van der Waals surface area contributed by atoms with E-state index >= 15 is 0 Å². The molecule has 1 amide bonds. The molecular formula is C17H26N2O. The highest BCUT2D eigenvalue weighted by molar-refractivity contribution is 5.82. The summed E-state index contributed by atoms with van der Waals surface area (Å²) in [6, 6.07) is 8.47. The van der Waals surface area contributed by atoms with Crippen molar-refractivity contribution in [1.29, 1.82) is 0 Å². The maximum atomic E-state index is 12.2. The fourth-order valence-corrected chi connectivity index (χ4v) is 2.72. The molecule has 2 N–H and O–H groups in total. The summed E-state index contributed by atoms with van der Waals surface area (Å²) in [5.41, 5.74) is 2.49. The Bertz CT molecular complexity index is 439. The van der Waals surface area contributed by atoms with Gasteiger partial charge in [-0.05, 0) is 42.3 Å². The van der Waals surface area contributed by atoms with Crippen molar-refractivity contribution in [3.8, 4) is 0 Å². The molecule has 1 aliphatic rings. The van der Waals surface area contributed by atoms with E-state index in [1.54, 1.807) is 0 Å². The number of hydrogen-bond acceptors (Lipinski definition) is 2. The smallest absolute Gasteiger partial charge is 0.237 e. The Kier molecular flexibility index (Phi) is 5.18. The van der Waals surface area contributed by atoms with Gasteiger partial charge in [-0.25, -0.2) is 0 Å². The van der Waals surface area contributed by atoms with E-state index in [4.69, 9.17) is 0 Å². The fraction of sp³-hybridized carbons (Fsp3) is 0.588. The highest BCUT2D eigenvalue weighted by atomic mass is 16.2. The molecule has 1 saturated heterocycles. The molecule has 3 heteroatoms. The molecule has 3 nitrogen and oxygen atoms in total. The molecule has 1 aromatic carbocycles. The molecule has 0 aromatic heterocycles. The van der Waals surface area contributed by atoms with E-state index in [1.807, 2.05) is 0 Å². The van der Waals surface area contributed by atoms with E-state index in [9.17, 15) is 4.79 Å². The zero-order valence-corrected chi connectivity index (χ0v) is 12.8. The molecular weight excluding hydrogens is 248 g/mol. The Labute approximate surface area is 122 Å². The number of carbonyl (C=O) groups excluding carboxylic acids is 1. The normalized spacial score (nSPS) is 22.8. The van der Waals surface area contributed by atoms with Gasteiger partial charge in [0.05, 0.1) is 6.04 Å². The average Bonchev–Trinajstić information content (AvgIpc) is 2.45. The van der Waals surface area contributed by atoms with Crippen molar-refractivity contribution in [1.82, 2.24) is 10.6 Å². The van der Waals surface area contributed by atoms with Crippen LogP contribution >= 0.6 is 0 Å². The molecule has 0 spiro atoms. The van der Waals surface area contributed by atoms with E-state index in [0.717, 1.165) is 18.5 Å². The molecule has 1 fully saturated rings. The molecule has 0 aliphatic carbocycles. The highest BCUT2D eigenvalue weighted by Gasteiger charge is 2.26. The van der Waals surface area contributed by atoms with Crippen molar-refractivity contribution in [2.24, 2.45) is 5.92 Å². The van der Waals surface area contributed by atoms with Crippen LogP contribution in [0.15, 0.2) is 24.3 Å². The van der Waals surface area contributed by atoms with Crippen molar-refractivity contribution in [2.75, 3.05) is 6.54 Å². The summed E-state index contributed by atoms with van der Waals surface area (Å²) in [5, 5.41) is 6.36. The number of benzene rings is 1. The van der Waals surface area contributed by atoms with Crippen molar-refractivity contribution >= 4 is 5.91 Å². The van der Waals surface area contributed by atoms with Gasteiger partial charge in [-0.1, -0.05) is 45.0 Å². The van der Waals surface area contributed by atoms with E-state index < -0.39 is 0 Å². The molecule has 0 saturated carbocycles. The number of rotatable bonds is 4. The number of carbonyl (C=O) groups is 1. The molecule has 0 bridgehead atoms. The van der Waals surface area contributed by atoms with Crippen LogP contribution in [0, 0.1) is 5.92 Å². The Morgan fingerprint density at radius 3 is 2.65 bits per heavy atom. The second kappa shape index (κ2) is 6.89. The predicted octanol–water partition coefficient (Wildman–Crippen LogP) is 2.81. The molecule has 1 aromatic rings.